The first-order chi connectivity index (χ1) is 28.2. The number of nitriles is 1. The number of hydrogen-bond donors (Lipinski definition) is 1. The Morgan fingerprint density at radius 1 is 0.931 bits per heavy atom. The summed E-state index contributed by atoms with van der Waals surface area (Å²) in [5.74, 6) is -0.879. The number of rotatable bonds is 15. The molecule has 8 heteroatoms. The van der Waals surface area contributed by atoms with Gasteiger partial charge in [-0.25, -0.2) is 0 Å². The molecule has 290 valence electrons. The molecule has 2 unspecified atom stereocenters. The molecule has 2 atom stereocenters. The topological polar surface area (TPSA) is 93.6 Å². The third-order valence-electron chi connectivity index (χ3n) is 11.4. The summed E-state index contributed by atoms with van der Waals surface area (Å²) in [5.41, 5.74) is 7.82. The van der Waals surface area contributed by atoms with Crippen LogP contribution >= 0.6 is 15.9 Å². The quantitative estimate of drug-likeness (QED) is 0.0371. The maximum Gasteiger partial charge on any atom is 0.305 e. The molecule has 7 nitrogen and oxygen atoms in total. The Morgan fingerprint density at radius 2 is 1.67 bits per heavy atom. The lowest BCUT2D eigenvalue weighted by Crippen LogP contribution is -2.34. The Morgan fingerprint density at radius 3 is 2.41 bits per heavy atom. The minimum absolute atomic E-state index is 0.0469. The molecule has 7 rings (SSSR count). The lowest BCUT2D eigenvalue weighted by molar-refractivity contribution is -0.440. The van der Waals surface area contributed by atoms with Gasteiger partial charge in [0.2, 0.25) is 5.69 Å². The van der Waals surface area contributed by atoms with Crippen LogP contribution in [0.15, 0.2) is 161 Å². The van der Waals surface area contributed by atoms with Gasteiger partial charge in [0.25, 0.3) is 6.47 Å². The van der Waals surface area contributed by atoms with Crippen LogP contribution in [0.3, 0.4) is 0 Å². The van der Waals surface area contributed by atoms with E-state index in [2.05, 4.69) is 130 Å². The van der Waals surface area contributed by atoms with Gasteiger partial charge >= 0.3 is 5.97 Å². The van der Waals surface area contributed by atoms with E-state index in [1.165, 1.54) is 11.1 Å². The van der Waals surface area contributed by atoms with Crippen molar-refractivity contribution in [2.24, 2.45) is 0 Å². The number of ether oxygens (including phenoxy) is 1. The van der Waals surface area contributed by atoms with E-state index < -0.39 is 16.8 Å². The van der Waals surface area contributed by atoms with E-state index in [-0.39, 0.29) is 19.6 Å². The van der Waals surface area contributed by atoms with Crippen molar-refractivity contribution in [1.82, 2.24) is 0 Å². The number of halogens is 1. The standard InChI is InChI=1S/C50H44BrN3O4/c1-49(28-11-16-36-12-5-3-6-13-36)42-32-40(51)22-24-43(42)53(29-27-47(56)57)45(49)25-19-38(34-52)20-26-46-50(2,33-37-14-7-4-8-15-37)48-41-18-10-9-17-39(41)21-23-44(48)54(46)30-31-58-35-55/h3-26,32,35H,27-31,33H2,1-2H3/p+1/b16-11+. The van der Waals surface area contributed by atoms with E-state index in [9.17, 15) is 20.0 Å². The average molecular weight is 832 g/mol. The highest BCUT2D eigenvalue weighted by molar-refractivity contribution is 9.10. The van der Waals surface area contributed by atoms with Crippen molar-refractivity contribution in [1.29, 1.82) is 5.26 Å². The fourth-order valence-electron chi connectivity index (χ4n) is 8.66. The average Bonchev–Trinajstić information content (AvgIpc) is 3.60. The molecule has 0 saturated heterocycles. The van der Waals surface area contributed by atoms with Crippen LogP contribution in [0.5, 0.6) is 0 Å². The zero-order valence-electron chi connectivity index (χ0n) is 32.6. The predicted molar refractivity (Wildman–Crippen MR) is 235 cm³/mol. The third kappa shape index (κ3) is 8.09. The number of hydrogen-bond acceptors (Lipinski definition) is 5. The number of carbonyl (C=O) groups excluding carboxylic acids is 1. The number of carboxylic acids is 1. The van der Waals surface area contributed by atoms with Crippen molar-refractivity contribution in [2.45, 2.75) is 43.9 Å². The lowest BCUT2D eigenvalue weighted by atomic mass is 9.73. The lowest BCUT2D eigenvalue weighted by Gasteiger charge is -2.29. The monoisotopic (exact) mass is 830 g/mol. The highest BCUT2D eigenvalue weighted by Gasteiger charge is 2.49. The number of anilines is 1. The van der Waals surface area contributed by atoms with Crippen LogP contribution < -0.4 is 4.90 Å². The van der Waals surface area contributed by atoms with Gasteiger partial charge in [-0.2, -0.15) is 9.84 Å². The number of allylic oxidation sites excluding steroid dienone is 7. The molecule has 2 aliphatic heterocycles. The number of nitrogens with zero attached hydrogens (tertiary/aromatic N) is 3. The molecular weight excluding hydrogens is 786 g/mol. The molecule has 2 aliphatic rings. The molecule has 1 N–H and O–H groups in total. The summed E-state index contributed by atoms with van der Waals surface area (Å²) in [7, 11) is 0. The molecule has 5 aromatic rings. The molecule has 2 heterocycles. The van der Waals surface area contributed by atoms with Gasteiger partial charge < -0.3 is 14.7 Å². The Hall–Kier alpha value is -6.30. The molecule has 0 fully saturated rings. The maximum absolute atomic E-state index is 11.9. The van der Waals surface area contributed by atoms with Gasteiger partial charge in [0.15, 0.2) is 12.3 Å². The second-order valence-corrected chi connectivity index (χ2v) is 16.0. The number of aliphatic carboxylic acids is 1. The predicted octanol–water partition coefficient (Wildman–Crippen LogP) is 10.6. The second kappa shape index (κ2) is 17.5. The van der Waals surface area contributed by atoms with Crippen molar-refractivity contribution >= 4 is 62.3 Å². The van der Waals surface area contributed by atoms with Crippen molar-refractivity contribution in [3.05, 3.63) is 184 Å². The van der Waals surface area contributed by atoms with E-state index in [1.54, 1.807) is 0 Å². The smallest absolute Gasteiger partial charge is 0.305 e. The van der Waals surface area contributed by atoms with Crippen LogP contribution in [0.4, 0.5) is 11.4 Å². The first kappa shape index (κ1) is 39.9. The summed E-state index contributed by atoms with van der Waals surface area (Å²) in [4.78, 5) is 25.3. The van der Waals surface area contributed by atoms with Crippen molar-refractivity contribution in [2.75, 3.05) is 24.6 Å². The third-order valence-corrected chi connectivity index (χ3v) is 11.9. The van der Waals surface area contributed by atoms with Gasteiger partial charge in [-0.1, -0.05) is 113 Å². The summed E-state index contributed by atoms with van der Waals surface area (Å²) in [6.07, 6.45) is 13.3. The Kier molecular flexibility index (Phi) is 12.0. The minimum Gasteiger partial charge on any atom is -0.481 e. The van der Waals surface area contributed by atoms with Crippen LogP contribution in [-0.4, -0.2) is 47.5 Å². The second-order valence-electron chi connectivity index (χ2n) is 15.1. The first-order valence-electron chi connectivity index (χ1n) is 19.4. The summed E-state index contributed by atoms with van der Waals surface area (Å²) in [6.45, 7) is 5.82. The van der Waals surface area contributed by atoms with Gasteiger partial charge in [-0.15, -0.1) is 0 Å². The summed E-state index contributed by atoms with van der Waals surface area (Å²) in [5, 5.41) is 22.7. The van der Waals surface area contributed by atoms with Crippen LogP contribution in [0, 0.1) is 11.3 Å². The van der Waals surface area contributed by atoms with Crippen molar-refractivity contribution in [3.8, 4) is 6.07 Å². The fourth-order valence-corrected chi connectivity index (χ4v) is 9.02. The van der Waals surface area contributed by atoms with Crippen molar-refractivity contribution in [3.63, 3.8) is 0 Å². The molecule has 0 aromatic heterocycles. The van der Waals surface area contributed by atoms with Gasteiger partial charge in [0, 0.05) is 45.5 Å². The number of carboxylic acid groups (broad SMARTS) is 1. The minimum atomic E-state index is -0.879. The van der Waals surface area contributed by atoms with Crippen molar-refractivity contribution < 1.29 is 24.0 Å². The van der Waals surface area contributed by atoms with Crippen LogP contribution in [-0.2, 0) is 31.6 Å². The number of benzene rings is 5. The van der Waals surface area contributed by atoms with Gasteiger partial charge in [0.1, 0.15) is 6.61 Å². The van der Waals surface area contributed by atoms with Gasteiger partial charge in [0.05, 0.1) is 23.5 Å². The van der Waals surface area contributed by atoms with E-state index in [4.69, 9.17) is 4.74 Å². The molecule has 0 amide bonds. The summed E-state index contributed by atoms with van der Waals surface area (Å²) in [6, 6.07) is 41.8. The molecule has 0 radical (unpaired) electrons. The molecule has 0 spiro atoms. The van der Waals surface area contributed by atoms with Crippen LogP contribution in [0.2, 0.25) is 0 Å². The zero-order valence-corrected chi connectivity index (χ0v) is 34.2. The van der Waals surface area contributed by atoms with Gasteiger partial charge in [-0.05, 0) is 96.6 Å². The Bertz CT molecular complexity index is 2550. The highest BCUT2D eigenvalue weighted by Crippen LogP contribution is 2.51. The largest absolute Gasteiger partial charge is 0.481 e. The first-order valence-corrected chi connectivity index (χ1v) is 20.2. The fraction of sp³-hybridized carbons (Fsp3) is 0.200. The van der Waals surface area contributed by atoms with Crippen LogP contribution in [0.25, 0.3) is 16.8 Å². The summed E-state index contributed by atoms with van der Waals surface area (Å²) >= 11 is 3.68. The van der Waals surface area contributed by atoms with E-state index in [1.807, 2.05) is 66.8 Å². The number of fused-ring (bicyclic) bond motifs is 4. The molecule has 58 heavy (non-hydrogen) atoms. The SMILES string of the molecule is CC1(C/C=C/c2ccccc2)C(=CC=C(C#N)C=CC2=[N+](CCOC=O)c3ccc4ccccc4c3C2(C)Cc2ccccc2)N(CCC(=O)O)c2ccc(Br)cc21. The molecule has 0 saturated carbocycles. The van der Waals surface area contributed by atoms with Gasteiger partial charge in [-0.3, -0.25) is 9.59 Å². The maximum atomic E-state index is 11.9. The summed E-state index contributed by atoms with van der Waals surface area (Å²) < 4.78 is 8.40. The van der Waals surface area contributed by atoms with E-state index >= 15 is 0 Å². The molecule has 5 aromatic carbocycles. The van der Waals surface area contributed by atoms with E-state index in [0.29, 0.717) is 31.4 Å². The highest BCUT2D eigenvalue weighted by atomic mass is 79.9. The Balaban J connectivity index is 1.34. The van der Waals surface area contributed by atoms with Crippen LogP contribution in [0.1, 0.15) is 48.9 Å². The number of carbonyl (C=O) groups is 2. The Labute approximate surface area is 348 Å². The van der Waals surface area contributed by atoms with E-state index in [0.717, 1.165) is 49.2 Å². The normalized spacial score (nSPS) is 19.6. The molecule has 0 aliphatic carbocycles. The molecule has 0 bridgehead atoms. The molecular formula is C50H45BrN3O4+. The zero-order chi connectivity index (χ0) is 40.7.